The van der Waals surface area contributed by atoms with Crippen molar-refractivity contribution in [2.45, 2.75) is 13.0 Å². The highest BCUT2D eigenvalue weighted by Gasteiger charge is 2.31. The maximum atomic E-state index is 12.2. The van der Waals surface area contributed by atoms with Crippen LogP contribution in [0.1, 0.15) is 11.3 Å². The summed E-state index contributed by atoms with van der Waals surface area (Å²) in [5.41, 5.74) is 0.385. The van der Waals surface area contributed by atoms with E-state index >= 15 is 0 Å². The quantitative estimate of drug-likeness (QED) is 0.725. The number of amides is 1. The molecule has 0 atom stereocenters. The molecule has 0 aliphatic carbocycles. The van der Waals surface area contributed by atoms with E-state index in [1.54, 1.807) is 50.3 Å². The maximum Gasteiger partial charge on any atom is 0.339 e. The highest BCUT2D eigenvalue weighted by atomic mass is 16.5. The van der Waals surface area contributed by atoms with Crippen molar-refractivity contribution >= 4 is 12.0 Å². The fraction of sp³-hybridized carbons (Fsp3) is 0.300. The van der Waals surface area contributed by atoms with E-state index in [0.29, 0.717) is 36.1 Å². The highest BCUT2D eigenvalue weighted by Crippen LogP contribution is 2.28. The Morgan fingerprint density at radius 1 is 1.15 bits per heavy atom. The van der Waals surface area contributed by atoms with Gasteiger partial charge in [-0.25, -0.2) is 4.79 Å². The third-order valence-corrected chi connectivity index (χ3v) is 4.16. The van der Waals surface area contributed by atoms with Crippen LogP contribution in [0.25, 0.3) is 6.08 Å². The maximum absolute atomic E-state index is 12.2. The van der Waals surface area contributed by atoms with Crippen LogP contribution in [0.3, 0.4) is 0 Å². The van der Waals surface area contributed by atoms with Crippen molar-refractivity contribution in [3.8, 4) is 17.2 Å². The van der Waals surface area contributed by atoms with Crippen molar-refractivity contribution in [1.82, 2.24) is 4.90 Å². The first kappa shape index (κ1) is 18.6. The number of carbonyl (C=O) groups excluding carboxylic acids is 1. The molecule has 1 fully saturated rings. The molecule has 0 saturated carbocycles. The molecule has 0 bridgehead atoms. The van der Waals surface area contributed by atoms with Crippen LogP contribution < -0.4 is 19.8 Å². The summed E-state index contributed by atoms with van der Waals surface area (Å²) in [5.74, 6) is 2.08. The second kappa shape index (κ2) is 7.99. The summed E-state index contributed by atoms with van der Waals surface area (Å²) < 4.78 is 21.0. The molecule has 0 spiro atoms. The van der Waals surface area contributed by atoms with Gasteiger partial charge in [0.1, 0.15) is 17.6 Å². The first-order valence-corrected chi connectivity index (χ1v) is 8.46. The van der Waals surface area contributed by atoms with E-state index in [1.165, 1.54) is 12.1 Å². The molecule has 7 heteroatoms. The number of likely N-dealkylation sites (tertiary alicyclic amines) is 1. The fourth-order valence-electron chi connectivity index (χ4n) is 2.76. The topological polar surface area (TPSA) is 78.2 Å². The zero-order valence-corrected chi connectivity index (χ0v) is 15.4. The van der Waals surface area contributed by atoms with Crippen LogP contribution in [-0.4, -0.2) is 44.2 Å². The molecule has 7 nitrogen and oxygen atoms in total. The van der Waals surface area contributed by atoms with E-state index in [9.17, 15) is 9.59 Å². The van der Waals surface area contributed by atoms with Gasteiger partial charge in [0.15, 0.2) is 11.5 Å². The normalized spacial score (nSPS) is 14.1. The summed E-state index contributed by atoms with van der Waals surface area (Å²) in [6, 6.07) is 8.39. The Morgan fingerprint density at radius 3 is 2.56 bits per heavy atom. The molecule has 1 amide bonds. The van der Waals surface area contributed by atoms with Gasteiger partial charge in [-0.3, -0.25) is 4.79 Å². The van der Waals surface area contributed by atoms with Crippen LogP contribution in [0.15, 0.2) is 45.6 Å². The number of methoxy groups -OCH3 is 2. The van der Waals surface area contributed by atoms with Gasteiger partial charge in [-0.05, 0) is 30.7 Å². The molecular weight excluding hydrogens is 350 g/mol. The lowest BCUT2D eigenvalue weighted by Gasteiger charge is -2.38. The second-order valence-corrected chi connectivity index (χ2v) is 6.15. The van der Waals surface area contributed by atoms with Crippen LogP contribution in [-0.2, 0) is 4.79 Å². The molecule has 0 unspecified atom stereocenters. The highest BCUT2D eigenvalue weighted by molar-refractivity contribution is 5.92. The standard InChI is InChI=1S/C20H21NO6/c1-13-8-15(10-20(23)26-13)27-16-11-21(12-16)19(22)7-5-14-4-6-17(24-2)18(9-14)25-3/h4-10,16H,11-12H2,1-3H3. The predicted octanol–water partition coefficient (Wildman–Crippen LogP) is 2.27. The average Bonchev–Trinajstić information content (AvgIpc) is 2.61. The van der Waals surface area contributed by atoms with Crippen LogP contribution in [0, 0.1) is 6.92 Å². The molecule has 1 aliphatic rings. The van der Waals surface area contributed by atoms with Crippen molar-refractivity contribution in [3.63, 3.8) is 0 Å². The van der Waals surface area contributed by atoms with Crippen LogP contribution in [0.2, 0.25) is 0 Å². The van der Waals surface area contributed by atoms with Crippen molar-refractivity contribution in [1.29, 1.82) is 0 Å². The fourth-order valence-corrected chi connectivity index (χ4v) is 2.76. The molecule has 1 aromatic carbocycles. The Kier molecular flexibility index (Phi) is 5.49. The first-order chi connectivity index (χ1) is 13.0. The van der Waals surface area contributed by atoms with E-state index in [0.717, 1.165) is 5.56 Å². The lowest BCUT2D eigenvalue weighted by atomic mass is 10.1. The molecule has 1 saturated heterocycles. The SMILES string of the molecule is COc1ccc(C=CC(=O)N2CC(Oc3cc(C)oc(=O)c3)C2)cc1OC. The zero-order valence-electron chi connectivity index (χ0n) is 15.4. The molecule has 1 aromatic heterocycles. The molecule has 2 aromatic rings. The minimum atomic E-state index is -0.449. The molecule has 0 N–H and O–H groups in total. The molecular formula is C20H21NO6. The number of rotatable bonds is 6. The Morgan fingerprint density at radius 2 is 1.89 bits per heavy atom. The molecule has 142 valence electrons. The third kappa shape index (κ3) is 4.49. The first-order valence-electron chi connectivity index (χ1n) is 8.46. The van der Waals surface area contributed by atoms with Crippen molar-refractivity contribution in [2.75, 3.05) is 27.3 Å². The number of nitrogens with zero attached hydrogens (tertiary/aromatic N) is 1. The minimum Gasteiger partial charge on any atom is -0.493 e. The molecule has 1 aliphatic heterocycles. The van der Waals surface area contributed by atoms with Crippen molar-refractivity contribution in [3.05, 3.63) is 58.2 Å². The summed E-state index contributed by atoms with van der Waals surface area (Å²) in [5, 5.41) is 0. The lowest BCUT2D eigenvalue weighted by molar-refractivity contribution is -0.134. The van der Waals surface area contributed by atoms with Crippen molar-refractivity contribution < 1.29 is 23.4 Å². The van der Waals surface area contributed by atoms with Gasteiger partial charge in [-0.1, -0.05) is 6.07 Å². The number of hydrogen-bond acceptors (Lipinski definition) is 6. The van der Waals surface area contributed by atoms with Crippen LogP contribution in [0.4, 0.5) is 0 Å². The number of aryl methyl sites for hydroxylation is 1. The van der Waals surface area contributed by atoms with Crippen LogP contribution >= 0.6 is 0 Å². The van der Waals surface area contributed by atoms with Gasteiger partial charge in [0.2, 0.25) is 5.91 Å². The summed E-state index contributed by atoms with van der Waals surface area (Å²) in [7, 11) is 3.14. The Labute approximate surface area is 156 Å². The lowest BCUT2D eigenvalue weighted by Crippen LogP contribution is -2.55. The number of hydrogen-bond donors (Lipinski definition) is 0. The zero-order chi connectivity index (χ0) is 19.4. The number of carbonyl (C=O) groups is 1. The molecule has 0 radical (unpaired) electrons. The van der Waals surface area contributed by atoms with Gasteiger partial charge in [0.05, 0.1) is 33.4 Å². The molecule has 27 heavy (non-hydrogen) atoms. The second-order valence-electron chi connectivity index (χ2n) is 6.15. The van der Waals surface area contributed by atoms with E-state index in [2.05, 4.69) is 0 Å². The smallest absolute Gasteiger partial charge is 0.339 e. The van der Waals surface area contributed by atoms with E-state index < -0.39 is 5.63 Å². The predicted molar refractivity (Wildman–Crippen MR) is 99.3 cm³/mol. The van der Waals surface area contributed by atoms with Gasteiger partial charge < -0.3 is 23.5 Å². The van der Waals surface area contributed by atoms with E-state index in [1.807, 2.05) is 6.07 Å². The van der Waals surface area contributed by atoms with Gasteiger partial charge in [0, 0.05) is 12.1 Å². The summed E-state index contributed by atoms with van der Waals surface area (Å²) >= 11 is 0. The monoisotopic (exact) mass is 371 g/mol. The van der Waals surface area contributed by atoms with Gasteiger partial charge in [-0.2, -0.15) is 0 Å². The molecule has 3 rings (SSSR count). The van der Waals surface area contributed by atoms with E-state index in [-0.39, 0.29) is 12.0 Å². The summed E-state index contributed by atoms with van der Waals surface area (Å²) in [6.45, 7) is 2.62. The van der Waals surface area contributed by atoms with Gasteiger partial charge in [-0.15, -0.1) is 0 Å². The Bertz CT molecular complexity index is 911. The summed E-state index contributed by atoms with van der Waals surface area (Å²) in [4.78, 5) is 25.3. The van der Waals surface area contributed by atoms with Crippen molar-refractivity contribution in [2.24, 2.45) is 0 Å². The average molecular weight is 371 g/mol. The Hall–Kier alpha value is -3.22. The third-order valence-electron chi connectivity index (χ3n) is 4.16. The van der Waals surface area contributed by atoms with Gasteiger partial charge in [0.25, 0.3) is 0 Å². The Balaban J connectivity index is 1.54. The minimum absolute atomic E-state index is 0.103. The number of ether oxygens (including phenoxy) is 3. The van der Waals surface area contributed by atoms with Crippen LogP contribution in [0.5, 0.6) is 17.2 Å². The largest absolute Gasteiger partial charge is 0.493 e. The number of benzene rings is 1. The molecule has 2 heterocycles. The summed E-state index contributed by atoms with van der Waals surface area (Å²) in [6.07, 6.45) is 3.10. The van der Waals surface area contributed by atoms with E-state index in [4.69, 9.17) is 18.6 Å². The van der Waals surface area contributed by atoms with Gasteiger partial charge >= 0.3 is 5.63 Å².